The number of fused-ring (bicyclic) bond motifs is 1. The Balaban J connectivity index is 1.81. The van der Waals surface area contributed by atoms with E-state index in [-0.39, 0.29) is 0 Å². The highest BCUT2D eigenvalue weighted by Gasteiger charge is 2.19. The highest BCUT2D eigenvalue weighted by molar-refractivity contribution is 9.10. The first-order valence-electron chi connectivity index (χ1n) is 7.29. The van der Waals surface area contributed by atoms with Crippen molar-refractivity contribution in [2.45, 2.75) is 18.9 Å². The lowest BCUT2D eigenvalue weighted by Crippen LogP contribution is -2.14. The Morgan fingerprint density at radius 3 is 2.81 bits per heavy atom. The molecule has 1 saturated heterocycles. The average Bonchev–Trinajstić information content (AvgIpc) is 3.18. The molecule has 106 valence electrons. The van der Waals surface area contributed by atoms with E-state index < -0.39 is 0 Å². The molecule has 1 aromatic heterocycles. The van der Waals surface area contributed by atoms with Crippen molar-refractivity contribution in [1.82, 2.24) is 15.3 Å². The largest absolute Gasteiger partial charge is 0.341 e. The summed E-state index contributed by atoms with van der Waals surface area (Å²) in [6.07, 6.45) is 4.33. The maximum Gasteiger partial charge on any atom is 0.123 e. The Morgan fingerprint density at radius 1 is 1.10 bits per heavy atom. The maximum absolute atomic E-state index is 4.57. The van der Waals surface area contributed by atoms with Crippen LogP contribution < -0.4 is 5.32 Å². The van der Waals surface area contributed by atoms with Crippen LogP contribution in [0, 0.1) is 0 Å². The Bertz CT molecular complexity index is 788. The Labute approximate surface area is 131 Å². The van der Waals surface area contributed by atoms with Gasteiger partial charge in [-0.2, -0.15) is 0 Å². The van der Waals surface area contributed by atoms with Gasteiger partial charge in [-0.1, -0.05) is 46.3 Å². The van der Waals surface area contributed by atoms with Crippen molar-refractivity contribution in [3.05, 3.63) is 52.9 Å². The molecule has 1 aliphatic heterocycles. The molecular weight excluding hydrogens is 326 g/mol. The van der Waals surface area contributed by atoms with Gasteiger partial charge in [-0.05, 0) is 36.2 Å². The number of aromatic nitrogens is 2. The zero-order chi connectivity index (χ0) is 14.2. The number of benzene rings is 2. The summed E-state index contributed by atoms with van der Waals surface area (Å²) in [4.78, 5) is 8.07. The molecule has 0 saturated carbocycles. The monoisotopic (exact) mass is 341 g/mol. The molecule has 4 heteroatoms. The van der Waals surface area contributed by atoms with Crippen LogP contribution in [0.5, 0.6) is 0 Å². The molecule has 2 N–H and O–H groups in total. The van der Waals surface area contributed by atoms with Gasteiger partial charge in [-0.3, -0.25) is 0 Å². The Morgan fingerprint density at radius 2 is 1.95 bits per heavy atom. The second-order valence-corrected chi connectivity index (χ2v) is 6.33. The van der Waals surface area contributed by atoms with Crippen LogP contribution in [0.2, 0.25) is 0 Å². The van der Waals surface area contributed by atoms with Crippen molar-refractivity contribution < 1.29 is 0 Å². The molecule has 1 aliphatic rings. The first-order valence-corrected chi connectivity index (χ1v) is 8.08. The first-order chi connectivity index (χ1) is 10.3. The lowest BCUT2D eigenvalue weighted by atomic mass is 10.0. The minimum Gasteiger partial charge on any atom is -0.341 e. The predicted molar refractivity (Wildman–Crippen MR) is 89.2 cm³/mol. The first kappa shape index (κ1) is 13.0. The molecule has 2 heterocycles. The van der Waals surface area contributed by atoms with Gasteiger partial charge in [0.05, 0.1) is 17.9 Å². The number of nitrogens with one attached hydrogen (secondary N) is 2. The summed E-state index contributed by atoms with van der Waals surface area (Å²) in [5.41, 5.74) is 2.29. The molecule has 0 spiro atoms. The normalized spacial score (nSPS) is 18.4. The second kappa shape index (κ2) is 5.28. The fourth-order valence-corrected chi connectivity index (χ4v) is 3.57. The third kappa shape index (κ3) is 2.28. The lowest BCUT2D eigenvalue weighted by Gasteiger charge is -2.07. The van der Waals surface area contributed by atoms with Crippen LogP contribution in [0.3, 0.4) is 0 Å². The molecule has 0 unspecified atom stereocenters. The number of nitrogens with zero attached hydrogens (tertiary/aromatic N) is 1. The van der Waals surface area contributed by atoms with Crippen molar-refractivity contribution in [1.29, 1.82) is 0 Å². The van der Waals surface area contributed by atoms with E-state index in [9.17, 15) is 0 Å². The van der Waals surface area contributed by atoms with E-state index in [1.165, 1.54) is 22.8 Å². The van der Waals surface area contributed by atoms with Crippen LogP contribution in [0.15, 0.2) is 47.1 Å². The topological polar surface area (TPSA) is 40.7 Å². The Hall–Kier alpha value is -1.65. The van der Waals surface area contributed by atoms with E-state index >= 15 is 0 Å². The minimum atomic E-state index is 0.375. The van der Waals surface area contributed by atoms with Gasteiger partial charge in [0.25, 0.3) is 0 Å². The summed E-state index contributed by atoms with van der Waals surface area (Å²) in [7, 11) is 0. The van der Waals surface area contributed by atoms with E-state index in [1.54, 1.807) is 0 Å². The predicted octanol–water partition coefficient (Wildman–Crippen LogP) is 4.42. The van der Waals surface area contributed by atoms with Crippen LogP contribution in [0.4, 0.5) is 0 Å². The van der Waals surface area contributed by atoms with Crippen LogP contribution in [-0.2, 0) is 0 Å². The van der Waals surface area contributed by atoms with Gasteiger partial charge >= 0.3 is 0 Å². The number of hydrogen-bond acceptors (Lipinski definition) is 2. The highest BCUT2D eigenvalue weighted by atomic mass is 79.9. The minimum absolute atomic E-state index is 0.375. The number of rotatable bonds is 2. The zero-order valence-electron chi connectivity index (χ0n) is 11.6. The van der Waals surface area contributed by atoms with Gasteiger partial charge in [0, 0.05) is 10.0 Å². The summed E-state index contributed by atoms with van der Waals surface area (Å²) in [5.74, 6) is 1.05. The fourth-order valence-electron chi connectivity index (χ4n) is 3.08. The van der Waals surface area contributed by atoms with Gasteiger partial charge in [-0.25, -0.2) is 4.98 Å². The summed E-state index contributed by atoms with van der Waals surface area (Å²) in [6, 6.07) is 13.1. The van der Waals surface area contributed by atoms with E-state index in [2.05, 4.69) is 67.6 Å². The third-order valence-corrected chi connectivity index (χ3v) is 4.84. The van der Waals surface area contributed by atoms with E-state index in [0.29, 0.717) is 6.04 Å². The van der Waals surface area contributed by atoms with Crippen molar-refractivity contribution in [2.24, 2.45) is 0 Å². The number of H-pyrrole nitrogens is 1. The zero-order valence-corrected chi connectivity index (χ0v) is 13.2. The summed E-state index contributed by atoms with van der Waals surface area (Å²) >= 11 is 3.63. The van der Waals surface area contributed by atoms with Gasteiger partial charge < -0.3 is 10.3 Å². The van der Waals surface area contributed by atoms with E-state index in [4.69, 9.17) is 0 Å². The molecule has 0 bridgehead atoms. The molecule has 3 aromatic rings. The summed E-state index contributed by atoms with van der Waals surface area (Å²) in [6.45, 7) is 1.09. The summed E-state index contributed by atoms with van der Waals surface area (Å²) < 4.78 is 1.12. The quantitative estimate of drug-likeness (QED) is 0.724. The molecular formula is C17H16BrN3. The maximum atomic E-state index is 4.57. The molecule has 21 heavy (non-hydrogen) atoms. The number of aromatic amines is 1. The standard InChI is InChI=1S/C17H16BrN3/c18-14-7-2-4-11-12(14)5-1-6-13(11)16-10-20-17(21-16)15-8-3-9-19-15/h1-2,4-7,10,15,19H,3,8-9H2,(H,20,21)/t15-/m0/s1. The van der Waals surface area contributed by atoms with Crippen molar-refractivity contribution >= 4 is 26.7 Å². The SMILES string of the molecule is Brc1cccc2c(-c3cnc([C@@H]4CCCN4)[nH]3)cccc12. The number of imidazole rings is 1. The molecule has 1 fully saturated rings. The van der Waals surface area contributed by atoms with Crippen LogP contribution in [0.1, 0.15) is 24.7 Å². The second-order valence-electron chi connectivity index (χ2n) is 5.47. The molecule has 3 nitrogen and oxygen atoms in total. The molecule has 2 aromatic carbocycles. The van der Waals surface area contributed by atoms with E-state index in [1.807, 2.05) is 6.20 Å². The molecule has 0 radical (unpaired) electrons. The third-order valence-electron chi connectivity index (χ3n) is 4.14. The number of hydrogen-bond donors (Lipinski definition) is 2. The highest BCUT2D eigenvalue weighted by Crippen LogP contribution is 2.32. The van der Waals surface area contributed by atoms with Gasteiger partial charge in [0.1, 0.15) is 5.82 Å². The molecule has 0 amide bonds. The smallest absolute Gasteiger partial charge is 0.123 e. The molecule has 4 rings (SSSR count). The van der Waals surface area contributed by atoms with Gasteiger partial charge in [0.2, 0.25) is 0 Å². The fraction of sp³-hybridized carbons (Fsp3) is 0.235. The van der Waals surface area contributed by atoms with Crippen molar-refractivity contribution in [2.75, 3.05) is 6.54 Å². The average molecular weight is 342 g/mol. The van der Waals surface area contributed by atoms with Crippen molar-refractivity contribution in [3.8, 4) is 11.3 Å². The Kier molecular flexibility index (Phi) is 3.28. The summed E-state index contributed by atoms with van der Waals surface area (Å²) in [5, 5.41) is 5.95. The number of halogens is 1. The molecule has 0 aliphatic carbocycles. The van der Waals surface area contributed by atoms with Crippen LogP contribution >= 0.6 is 15.9 Å². The van der Waals surface area contributed by atoms with E-state index in [0.717, 1.165) is 29.0 Å². The van der Waals surface area contributed by atoms with Crippen molar-refractivity contribution in [3.63, 3.8) is 0 Å². The van der Waals surface area contributed by atoms with Gasteiger partial charge in [0.15, 0.2) is 0 Å². The van der Waals surface area contributed by atoms with Crippen LogP contribution in [-0.4, -0.2) is 16.5 Å². The van der Waals surface area contributed by atoms with Gasteiger partial charge in [-0.15, -0.1) is 0 Å². The lowest BCUT2D eigenvalue weighted by molar-refractivity contribution is 0.613. The molecule has 1 atom stereocenters. The van der Waals surface area contributed by atoms with Crippen LogP contribution in [0.25, 0.3) is 22.0 Å².